The molecule has 2 aromatic rings. The molecule has 29 heavy (non-hydrogen) atoms. The van der Waals surface area contributed by atoms with Crippen LogP contribution in [0.2, 0.25) is 0 Å². The van der Waals surface area contributed by atoms with E-state index in [1.807, 2.05) is 6.07 Å². The Bertz CT molecular complexity index is 1040. The first kappa shape index (κ1) is 20.0. The van der Waals surface area contributed by atoms with Gasteiger partial charge < -0.3 is 19.9 Å². The van der Waals surface area contributed by atoms with E-state index in [1.54, 1.807) is 43.3 Å². The number of hydrogen-bond donors (Lipinski definition) is 1. The van der Waals surface area contributed by atoms with Crippen molar-refractivity contribution in [3.05, 3.63) is 88.3 Å². The Hall–Kier alpha value is -3.79. The molecule has 148 valence electrons. The zero-order valence-electron chi connectivity index (χ0n) is 15.9. The molecule has 0 fully saturated rings. The predicted molar refractivity (Wildman–Crippen MR) is 103 cm³/mol. The first-order chi connectivity index (χ1) is 13.9. The SMILES string of the molecule is COC(=O)C1=C(C)OC(N)=C(C#N)[C@H]1c1cccc(OCc2ccc(F)cc2)c1. The highest BCUT2D eigenvalue weighted by atomic mass is 19.1. The van der Waals surface area contributed by atoms with Gasteiger partial charge in [-0.05, 0) is 42.3 Å². The van der Waals surface area contributed by atoms with E-state index in [4.69, 9.17) is 19.9 Å². The summed E-state index contributed by atoms with van der Waals surface area (Å²) in [5, 5.41) is 9.59. The van der Waals surface area contributed by atoms with Crippen molar-refractivity contribution in [1.82, 2.24) is 0 Å². The summed E-state index contributed by atoms with van der Waals surface area (Å²) in [4.78, 5) is 12.4. The molecule has 6 nitrogen and oxygen atoms in total. The molecule has 2 aromatic carbocycles. The molecule has 7 heteroatoms. The van der Waals surface area contributed by atoms with Crippen molar-refractivity contribution >= 4 is 5.97 Å². The summed E-state index contributed by atoms with van der Waals surface area (Å²) in [5.41, 5.74) is 7.63. The van der Waals surface area contributed by atoms with Crippen molar-refractivity contribution in [1.29, 1.82) is 5.26 Å². The van der Waals surface area contributed by atoms with Crippen LogP contribution in [0.5, 0.6) is 5.75 Å². The minimum Gasteiger partial charge on any atom is -0.489 e. The second kappa shape index (κ2) is 8.48. The van der Waals surface area contributed by atoms with Crippen molar-refractivity contribution in [3.8, 4) is 11.8 Å². The molecule has 1 aliphatic rings. The summed E-state index contributed by atoms with van der Waals surface area (Å²) in [6, 6.07) is 15.0. The van der Waals surface area contributed by atoms with Crippen LogP contribution in [0.3, 0.4) is 0 Å². The zero-order chi connectivity index (χ0) is 21.0. The second-order valence-electron chi connectivity index (χ2n) is 6.37. The normalized spacial score (nSPS) is 16.1. The third-order valence-corrected chi connectivity index (χ3v) is 4.52. The first-order valence-corrected chi connectivity index (χ1v) is 8.78. The lowest BCUT2D eigenvalue weighted by Gasteiger charge is -2.26. The number of carbonyl (C=O) groups excluding carboxylic acids is 1. The fourth-order valence-corrected chi connectivity index (χ4v) is 3.12. The van der Waals surface area contributed by atoms with Crippen molar-refractivity contribution in [2.45, 2.75) is 19.4 Å². The minimum absolute atomic E-state index is 0.0553. The summed E-state index contributed by atoms with van der Waals surface area (Å²) in [6.07, 6.45) is 0. The maximum atomic E-state index is 13.0. The summed E-state index contributed by atoms with van der Waals surface area (Å²) in [5.74, 6) is -0.922. The van der Waals surface area contributed by atoms with E-state index in [-0.39, 0.29) is 35.2 Å². The smallest absolute Gasteiger partial charge is 0.338 e. The van der Waals surface area contributed by atoms with Crippen LogP contribution in [0.1, 0.15) is 24.0 Å². The van der Waals surface area contributed by atoms with Crippen LogP contribution in [0.15, 0.2) is 71.3 Å². The van der Waals surface area contributed by atoms with Crippen LogP contribution < -0.4 is 10.5 Å². The molecule has 1 aliphatic heterocycles. The number of halogens is 1. The van der Waals surface area contributed by atoms with E-state index < -0.39 is 11.9 Å². The minimum atomic E-state index is -0.740. The van der Waals surface area contributed by atoms with Gasteiger partial charge in [-0.2, -0.15) is 5.26 Å². The monoisotopic (exact) mass is 394 g/mol. The molecule has 0 radical (unpaired) electrons. The molecular formula is C22H19FN2O4. The molecule has 0 unspecified atom stereocenters. The maximum absolute atomic E-state index is 13.0. The van der Waals surface area contributed by atoms with Crippen LogP contribution in [-0.4, -0.2) is 13.1 Å². The Kier molecular flexibility index (Phi) is 5.84. The molecule has 1 heterocycles. The molecule has 0 bridgehead atoms. The largest absolute Gasteiger partial charge is 0.489 e. The summed E-state index contributed by atoms with van der Waals surface area (Å²) in [7, 11) is 1.26. The molecule has 0 spiro atoms. The maximum Gasteiger partial charge on any atom is 0.338 e. The van der Waals surface area contributed by atoms with Crippen LogP contribution in [0.4, 0.5) is 4.39 Å². The van der Waals surface area contributed by atoms with E-state index in [9.17, 15) is 14.4 Å². The van der Waals surface area contributed by atoms with Crippen molar-refractivity contribution in [2.75, 3.05) is 7.11 Å². The van der Waals surface area contributed by atoms with Gasteiger partial charge in [0, 0.05) is 0 Å². The van der Waals surface area contributed by atoms with Gasteiger partial charge in [0.1, 0.15) is 35.6 Å². The van der Waals surface area contributed by atoms with Gasteiger partial charge in [-0.25, -0.2) is 9.18 Å². The third-order valence-electron chi connectivity index (χ3n) is 4.52. The number of benzene rings is 2. The van der Waals surface area contributed by atoms with Gasteiger partial charge in [-0.3, -0.25) is 0 Å². The fourth-order valence-electron chi connectivity index (χ4n) is 3.12. The summed E-state index contributed by atoms with van der Waals surface area (Å²) in [6.45, 7) is 1.83. The lowest BCUT2D eigenvalue weighted by atomic mass is 9.83. The van der Waals surface area contributed by atoms with Crippen LogP contribution in [0.25, 0.3) is 0 Å². The highest BCUT2D eigenvalue weighted by Crippen LogP contribution is 2.40. The Morgan fingerprint density at radius 2 is 2.00 bits per heavy atom. The Morgan fingerprint density at radius 3 is 2.66 bits per heavy atom. The van der Waals surface area contributed by atoms with Gasteiger partial charge in [0.25, 0.3) is 0 Å². The Morgan fingerprint density at radius 1 is 1.28 bits per heavy atom. The van der Waals surface area contributed by atoms with Crippen LogP contribution in [-0.2, 0) is 20.9 Å². The van der Waals surface area contributed by atoms with Crippen LogP contribution >= 0.6 is 0 Å². The van der Waals surface area contributed by atoms with Crippen LogP contribution in [0, 0.1) is 17.1 Å². The number of allylic oxidation sites excluding steroid dienone is 2. The summed E-state index contributed by atoms with van der Waals surface area (Å²) < 4.78 is 29.1. The van der Waals surface area contributed by atoms with Gasteiger partial charge in [-0.1, -0.05) is 24.3 Å². The van der Waals surface area contributed by atoms with Gasteiger partial charge in [0.15, 0.2) is 0 Å². The number of nitrogens with two attached hydrogens (primary N) is 1. The Labute approximate surface area is 167 Å². The Balaban J connectivity index is 1.93. The van der Waals surface area contributed by atoms with E-state index in [1.165, 1.54) is 19.2 Å². The van der Waals surface area contributed by atoms with E-state index in [2.05, 4.69) is 0 Å². The molecule has 0 aliphatic carbocycles. The number of hydrogen-bond acceptors (Lipinski definition) is 6. The molecule has 0 aromatic heterocycles. The number of nitriles is 1. The number of rotatable bonds is 5. The summed E-state index contributed by atoms with van der Waals surface area (Å²) >= 11 is 0. The van der Waals surface area contributed by atoms with Gasteiger partial charge >= 0.3 is 5.97 Å². The number of esters is 1. The molecule has 0 saturated carbocycles. The van der Waals surface area contributed by atoms with E-state index >= 15 is 0 Å². The van der Waals surface area contributed by atoms with Gasteiger partial charge in [0.05, 0.1) is 18.6 Å². The number of methoxy groups -OCH3 is 1. The molecular weight excluding hydrogens is 375 g/mol. The molecule has 0 saturated heterocycles. The van der Waals surface area contributed by atoms with Gasteiger partial charge in [-0.15, -0.1) is 0 Å². The van der Waals surface area contributed by atoms with Crippen molar-refractivity contribution < 1.29 is 23.4 Å². The highest BCUT2D eigenvalue weighted by molar-refractivity contribution is 5.92. The number of nitrogens with zero attached hydrogens (tertiary/aromatic N) is 1. The van der Waals surface area contributed by atoms with Crippen molar-refractivity contribution in [2.24, 2.45) is 5.73 Å². The zero-order valence-corrected chi connectivity index (χ0v) is 15.9. The van der Waals surface area contributed by atoms with E-state index in [0.717, 1.165) is 5.56 Å². The lowest BCUT2D eigenvalue weighted by molar-refractivity contribution is -0.136. The average Bonchev–Trinajstić information content (AvgIpc) is 2.72. The third kappa shape index (κ3) is 4.22. The topological polar surface area (TPSA) is 94.6 Å². The number of ether oxygens (including phenoxy) is 3. The number of carbonyl (C=O) groups is 1. The lowest BCUT2D eigenvalue weighted by Crippen LogP contribution is -2.25. The molecule has 1 atom stereocenters. The molecule has 2 N–H and O–H groups in total. The molecule has 0 amide bonds. The van der Waals surface area contributed by atoms with Crippen molar-refractivity contribution in [3.63, 3.8) is 0 Å². The standard InChI is InChI=1S/C22H19FN2O4/c1-13-19(22(26)27-2)20(18(11-24)21(25)29-13)15-4-3-5-17(10-15)28-12-14-6-8-16(23)9-7-14/h3-10,20H,12,25H2,1-2H3/t20-/m1/s1. The predicted octanol–water partition coefficient (Wildman–Crippen LogP) is 3.66. The highest BCUT2D eigenvalue weighted by Gasteiger charge is 2.36. The second-order valence-corrected chi connectivity index (χ2v) is 6.37. The van der Waals surface area contributed by atoms with E-state index in [0.29, 0.717) is 11.3 Å². The quantitative estimate of drug-likeness (QED) is 0.778. The average molecular weight is 394 g/mol. The first-order valence-electron chi connectivity index (χ1n) is 8.78. The fraction of sp³-hybridized carbons (Fsp3) is 0.182. The molecule has 3 rings (SSSR count). The van der Waals surface area contributed by atoms with Gasteiger partial charge in [0.2, 0.25) is 5.88 Å².